The van der Waals surface area contributed by atoms with Crippen LogP contribution in [-0.2, 0) is 11.3 Å². The summed E-state index contributed by atoms with van der Waals surface area (Å²) in [6, 6.07) is 11.0. The van der Waals surface area contributed by atoms with Crippen LogP contribution in [0.4, 0.5) is 0 Å². The second-order valence-electron chi connectivity index (χ2n) is 6.63. The van der Waals surface area contributed by atoms with Crippen LogP contribution >= 0.6 is 0 Å². The van der Waals surface area contributed by atoms with E-state index in [4.69, 9.17) is 0 Å². The van der Waals surface area contributed by atoms with Crippen LogP contribution in [-0.4, -0.2) is 67.6 Å². The number of amides is 1. The topological polar surface area (TPSA) is 47.6 Å². The minimum atomic E-state index is 0.188. The fourth-order valence-corrected chi connectivity index (χ4v) is 3.39. The Labute approximate surface area is 139 Å². The number of carbonyl (C=O) groups excluding carboxylic acids is 1. The molecule has 0 saturated carbocycles. The van der Waals surface area contributed by atoms with Crippen LogP contribution in [0.3, 0.4) is 0 Å². The first kappa shape index (κ1) is 16.4. The van der Waals surface area contributed by atoms with E-state index in [9.17, 15) is 4.79 Å². The second-order valence-corrected chi connectivity index (χ2v) is 6.63. The Morgan fingerprint density at radius 3 is 2.39 bits per heavy atom. The van der Waals surface area contributed by atoms with E-state index in [0.29, 0.717) is 12.6 Å². The van der Waals surface area contributed by atoms with E-state index >= 15 is 0 Å². The number of piperidine rings is 1. The average Bonchev–Trinajstić information content (AvgIpc) is 2.58. The Morgan fingerprint density at radius 2 is 1.70 bits per heavy atom. The van der Waals surface area contributed by atoms with Gasteiger partial charge in [-0.15, -0.1) is 0 Å². The molecular weight excluding hydrogens is 288 g/mol. The van der Waals surface area contributed by atoms with Gasteiger partial charge in [0.15, 0.2) is 0 Å². The maximum absolute atomic E-state index is 12.2. The van der Waals surface area contributed by atoms with Crippen molar-refractivity contribution in [2.24, 2.45) is 0 Å². The summed E-state index contributed by atoms with van der Waals surface area (Å²) in [5.41, 5.74) is 1.37. The molecule has 0 aliphatic carbocycles. The molecule has 23 heavy (non-hydrogen) atoms. The fourth-order valence-electron chi connectivity index (χ4n) is 3.39. The number of nitrogens with zero attached hydrogens (tertiary/aromatic N) is 2. The molecule has 2 aliphatic heterocycles. The Morgan fingerprint density at radius 1 is 1.04 bits per heavy atom. The van der Waals surface area contributed by atoms with Gasteiger partial charge in [0.05, 0.1) is 6.54 Å². The highest BCUT2D eigenvalue weighted by Crippen LogP contribution is 2.08. The van der Waals surface area contributed by atoms with Crippen LogP contribution in [0.25, 0.3) is 0 Å². The smallest absolute Gasteiger partial charge is 0.234 e. The molecule has 1 aromatic rings. The van der Waals surface area contributed by atoms with Crippen LogP contribution in [0.1, 0.15) is 18.4 Å². The molecule has 2 N–H and O–H groups in total. The first-order chi connectivity index (χ1) is 11.3. The van der Waals surface area contributed by atoms with Crippen molar-refractivity contribution in [3.8, 4) is 0 Å². The van der Waals surface area contributed by atoms with E-state index < -0.39 is 0 Å². The van der Waals surface area contributed by atoms with Gasteiger partial charge in [-0.25, -0.2) is 0 Å². The molecule has 2 aliphatic rings. The van der Waals surface area contributed by atoms with Crippen molar-refractivity contribution in [1.29, 1.82) is 0 Å². The molecule has 5 heteroatoms. The van der Waals surface area contributed by atoms with Crippen LogP contribution in [0.5, 0.6) is 0 Å². The van der Waals surface area contributed by atoms with Crippen molar-refractivity contribution in [2.75, 3.05) is 45.8 Å². The lowest BCUT2D eigenvalue weighted by atomic mass is 10.1. The lowest BCUT2D eigenvalue weighted by Gasteiger charge is -2.34. The van der Waals surface area contributed by atoms with E-state index in [0.717, 1.165) is 58.7 Å². The van der Waals surface area contributed by atoms with E-state index in [2.05, 4.69) is 50.8 Å². The van der Waals surface area contributed by atoms with Crippen LogP contribution in [0.2, 0.25) is 0 Å². The van der Waals surface area contributed by atoms with Crippen molar-refractivity contribution in [1.82, 2.24) is 20.4 Å². The van der Waals surface area contributed by atoms with Gasteiger partial charge in [-0.3, -0.25) is 14.6 Å². The number of hydrogen-bond donors (Lipinski definition) is 2. The number of nitrogens with one attached hydrogen (secondary N) is 2. The van der Waals surface area contributed by atoms with Crippen molar-refractivity contribution in [3.63, 3.8) is 0 Å². The van der Waals surface area contributed by atoms with E-state index in [1.165, 1.54) is 5.56 Å². The number of piperazine rings is 1. The number of carbonyl (C=O) groups is 1. The summed E-state index contributed by atoms with van der Waals surface area (Å²) in [4.78, 5) is 16.9. The van der Waals surface area contributed by atoms with Crippen molar-refractivity contribution < 1.29 is 4.79 Å². The molecule has 3 rings (SSSR count). The third kappa shape index (κ3) is 5.30. The number of rotatable bonds is 5. The van der Waals surface area contributed by atoms with Crippen molar-refractivity contribution >= 4 is 5.91 Å². The quantitative estimate of drug-likeness (QED) is 0.838. The Kier molecular flexibility index (Phi) is 6.02. The molecule has 2 fully saturated rings. The highest BCUT2D eigenvalue weighted by Gasteiger charge is 2.21. The van der Waals surface area contributed by atoms with Gasteiger partial charge in [0.25, 0.3) is 0 Å². The predicted octanol–water partition coefficient (Wildman–Crippen LogP) is 0.672. The molecule has 0 radical (unpaired) electrons. The molecule has 0 atom stereocenters. The summed E-state index contributed by atoms with van der Waals surface area (Å²) >= 11 is 0. The Balaban J connectivity index is 1.36. The summed E-state index contributed by atoms with van der Waals surface area (Å²) in [5, 5.41) is 6.51. The minimum absolute atomic E-state index is 0.188. The summed E-state index contributed by atoms with van der Waals surface area (Å²) in [6.07, 6.45) is 2.10. The van der Waals surface area contributed by atoms with Gasteiger partial charge in [0, 0.05) is 38.8 Å². The molecule has 5 nitrogen and oxygen atoms in total. The second kappa shape index (κ2) is 8.43. The molecule has 0 bridgehead atoms. The lowest BCUT2D eigenvalue weighted by molar-refractivity contribution is -0.123. The monoisotopic (exact) mass is 316 g/mol. The highest BCUT2D eigenvalue weighted by molar-refractivity contribution is 5.78. The first-order valence-electron chi connectivity index (χ1n) is 8.78. The van der Waals surface area contributed by atoms with Gasteiger partial charge in [-0.1, -0.05) is 30.3 Å². The molecular formula is C18H28N4O. The first-order valence-corrected chi connectivity index (χ1v) is 8.78. The third-order valence-corrected chi connectivity index (χ3v) is 4.79. The molecule has 0 aromatic heterocycles. The maximum Gasteiger partial charge on any atom is 0.234 e. The zero-order valence-electron chi connectivity index (χ0n) is 13.8. The molecule has 2 saturated heterocycles. The summed E-state index contributed by atoms with van der Waals surface area (Å²) in [5.74, 6) is 0.188. The van der Waals surface area contributed by atoms with E-state index in [1.54, 1.807) is 0 Å². The van der Waals surface area contributed by atoms with E-state index in [-0.39, 0.29) is 5.91 Å². The zero-order valence-corrected chi connectivity index (χ0v) is 13.8. The maximum atomic E-state index is 12.2. The molecule has 0 unspecified atom stereocenters. The highest BCUT2D eigenvalue weighted by atomic mass is 16.2. The average molecular weight is 316 g/mol. The van der Waals surface area contributed by atoms with Gasteiger partial charge in [-0.2, -0.15) is 0 Å². The van der Waals surface area contributed by atoms with Crippen LogP contribution in [0, 0.1) is 0 Å². The Hall–Kier alpha value is -1.43. The minimum Gasteiger partial charge on any atom is -0.352 e. The zero-order chi connectivity index (χ0) is 15.9. The van der Waals surface area contributed by atoms with Gasteiger partial charge < -0.3 is 10.6 Å². The van der Waals surface area contributed by atoms with Gasteiger partial charge in [0.1, 0.15) is 0 Å². The van der Waals surface area contributed by atoms with E-state index in [1.807, 2.05) is 0 Å². The fraction of sp³-hybridized carbons (Fsp3) is 0.611. The normalized spacial score (nSPS) is 21.2. The predicted molar refractivity (Wildman–Crippen MR) is 92.2 cm³/mol. The van der Waals surface area contributed by atoms with Crippen molar-refractivity contribution in [2.45, 2.75) is 25.4 Å². The molecule has 126 valence electrons. The standard InChI is InChI=1S/C18H28N4O/c23-18(20-17-6-8-19-9-7-17)15-22-12-10-21(11-13-22)14-16-4-2-1-3-5-16/h1-5,17,19H,6-15H2,(H,20,23). The van der Waals surface area contributed by atoms with Crippen molar-refractivity contribution in [3.05, 3.63) is 35.9 Å². The third-order valence-electron chi connectivity index (χ3n) is 4.79. The largest absolute Gasteiger partial charge is 0.352 e. The van der Waals surface area contributed by atoms with Crippen LogP contribution in [0.15, 0.2) is 30.3 Å². The molecule has 1 aromatic carbocycles. The summed E-state index contributed by atoms with van der Waals surface area (Å²) < 4.78 is 0. The lowest BCUT2D eigenvalue weighted by Crippen LogP contribution is -2.51. The van der Waals surface area contributed by atoms with Gasteiger partial charge in [-0.05, 0) is 31.5 Å². The van der Waals surface area contributed by atoms with Crippen LogP contribution < -0.4 is 10.6 Å². The number of hydrogen-bond acceptors (Lipinski definition) is 4. The molecule has 1 amide bonds. The van der Waals surface area contributed by atoms with Gasteiger partial charge >= 0.3 is 0 Å². The summed E-state index contributed by atoms with van der Waals surface area (Å²) in [7, 11) is 0. The molecule has 0 spiro atoms. The molecule has 2 heterocycles. The number of benzene rings is 1. The van der Waals surface area contributed by atoms with Gasteiger partial charge in [0.2, 0.25) is 5.91 Å². The summed E-state index contributed by atoms with van der Waals surface area (Å²) in [6.45, 7) is 7.62. The Bertz CT molecular complexity index is 479. The SMILES string of the molecule is O=C(CN1CCN(Cc2ccccc2)CC1)NC1CCNCC1.